The van der Waals surface area contributed by atoms with Crippen LogP contribution in [0.25, 0.3) is 0 Å². The number of aliphatic hydroxyl groups excluding tert-OH is 1. The van der Waals surface area contributed by atoms with Crippen molar-refractivity contribution in [2.45, 2.75) is 24.3 Å². The molecule has 2 aromatic rings. The Bertz CT molecular complexity index is 713. The van der Waals surface area contributed by atoms with Crippen LogP contribution in [0, 0.1) is 6.92 Å². The molecule has 0 amide bonds. The minimum Gasteiger partial charge on any atom is -0.394 e. The molecule has 0 saturated heterocycles. The van der Waals surface area contributed by atoms with Gasteiger partial charge in [-0.3, -0.25) is 0 Å². The van der Waals surface area contributed by atoms with Gasteiger partial charge in [-0.15, -0.1) is 0 Å². The van der Waals surface area contributed by atoms with Crippen molar-refractivity contribution in [3.63, 3.8) is 0 Å². The highest BCUT2D eigenvalue weighted by atomic mass is 32.2. The smallest absolute Gasteiger partial charge is 0.241 e. The third-order valence-electron chi connectivity index (χ3n) is 3.39. The number of nitrogens with one attached hydrogen (secondary N) is 1. The van der Waals surface area contributed by atoms with E-state index in [1.807, 2.05) is 31.2 Å². The Kier molecular flexibility index (Phi) is 4.46. The number of rotatable bonds is 5. The molecule has 0 aliphatic heterocycles. The third-order valence-corrected chi connectivity index (χ3v) is 4.98. The summed E-state index contributed by atoms with van der Waals surface area (Å²) in [6, 6.07) is 15.7. The van der Waals surface area contributed by atoms with Gasteiger partial charge in [0, 0.05) is 0 Å². The van der Waals surface area contributed by atoms with Crippen LogP contribution in [-0.2, 0) is 15.6 Å². The van der Waals surface area contributed by atoms with Gasteiger partial charge in [-0.2, -0.15) is 4.72 Å². The summed E-state index contributed by atoms with van der Waals surface area (Å²) in [4.78, 5) is 0.193. The predicted octanol–water partition coefficient (Wildman–Crippen LogP) is 2.18. The Hall–Kier alpha value is -1.69. The van der Waals surface area contributed by atoms with Gasteiger partial charge in [0.15, 0.2) is 0 Å². The normalized spacial score (nSPS) is 14.6. The summed E-state index contributed by atoms with van der Waals surface area (Å²) < 4.78 is 27.6. The lowest BCUT2D eigenvalue weighted by atomic mass is 9.94. The van der Waals surface area contributed by atoms with Gasteiger partial charge in [0.25, 0.3) is 0 Å². The molecular formula is C16H19NO3S. The quantitative estimate of drug-likeness (QED) is 0.890. The standard InChI is InChI=1S/C16H19NO3S/c1-13-7-6-10-15(11-13)21(19,20)17-16(2,12-18)14-8-4-3-5-9-14/h3-11,17-18H,12H2,1-2H3. The van der Waals surface area contributed by atoms with E-state index in [1.165, 1.54) is 6.07 Å². The molecule has 2 rings (SSSR count). The molecule has 112 valence electrons. The fourth-order valence-corrected chi connectivity index (χ4v) is 3.62. The van der Waals surface area contributed by atoms with Crippen molar-refractivity contribution in [1.29, 1.82) is 0 Å². The molecule has 0 saturated carbocycles. The molecule has 5 heteroatoms. The SMILES string of the molecule is Cc1cccc(S(=O)(=O)NC(C)(CO)c2ccccc2)c1. The molecule has 0 aliphatic carbocycles. The number of hydrogen-bond acceptors (Lipinski definition) is 3. The van der Waals surface area contributed by atoms with Gasteiger partial charge in [-0.1, -0.05) is 42.5 Å². The molecule has 1 unspecified atom stereocenters. The van der Waals surface area contributed by atoms with E-state index in [0.717, 1.165) is 5.56 Å². The van der Waals surface area contributed by atoms with Crippen molar-refractivity contribution in [2.75, 3.05) is 6.61 Å². The van der Waals surface area contributed by atoms with Crippen LogP contribution in [0.2, 0.25) is 0 Å². The Morgan fingerprint density at radius 2 is 1.76 bits per heavy atom. The van der Waals surface area contributed by atoms with Gasteiger partial charge < -0.3 is 5.11 Å². The molecule has 2 aromatic carbocycles. The topological polar surface area (TPSA) is 66.4 Å². The van der Waals surface area contributed by atoms with Gasteiger partial charge in [0.1, 0.15) is 0 Å². The summed E-state index contributed by atoms with van der Waals surface area (Å²) in [7, 11) is -3.71. The lowest BCUT2D eigenvalue weighted by molar-refractivity contribution is 0.196. The molecule has 2 N–H and O–H groups in total. The van der Waals surface area contributed by atoms with Crippen LogP contribution < -0.4 is 4.72 Å². The van der Waals surface area contributed by atoms with Gasteiger partial charge in [-0.05, 0) is 37.1 Å². The van der Waals surface area contributed by atoms with E-state index >= 15 is 0 Å². The Morgan fingerprint density at radius 3 is 2.33 bits per heavy atom. The summed E-state index contributed by atoms with van der Waals surface area (Å²) in [5, 5.41) is 9.68. The predicted molar refractivity (Wildman–Crippen MR) is 82.4 cm³/mol. The van der Waals surface area contributed by atoms with E-state index in [1.54, 1.807) is 31.2 Å². The minimum atomic E-state index is -3.71. The van der Waals surface area contributed by atoms with E-state index < -0.39 is 15.6 Å². The van der Waals surface area contributed by atoms with Crippen molar-refractivity contribution >= 4 is 10.0 Å². The van der Waals surface area contributed by atoms with Crippen LogP contribution in [0.3, 0.4) is 0 Å². The number of hydrogen-bond donors (Lipinski definition) is 2. The second kappa shape index (κ2) is 5.97. The Labute approximate surface area is 125 Å². The van der Waals surface area contributed by atoms with Crippen LogP contribution in [0.5, 0.6) is 0 Å². The number of aliphatic hydroxyl groups is 1. The minimum absolute atomic E-state index is 0.193. The maximum Gasteiger partial charge on any atom is 0.241 e. The van der Waals surface area contributed by atoms with Crippen molar-refractivity contribution in [3.05, 3.63) is 65.7 Å². The van der Waals surface area contributed by atoms with E-state index in [0.29, 0.717) is 5.56 Å². The molecule has 0 heterocycles. The fourth-order valence-electron chi connectivity index (χ4n) is 2.13. The Morgan fingerprint density at radius 1 is 1.10 bits per heavy atom. The first-order chi connectivity index (χ1) is 9.87. The van der Waals surface area contributed by atoms with Crippen LogP contribution in [-0.4, -0.2) is 20.1 Å². The first-order valence-electron chi connectivity index (χ1n) is 6.64. The molecule has 0 aliphatic rings. The maximum atomic E-state index is 12.5. The van der Waals surface area contributed by atoms with Gasteiger partial charge >= 0.3 is 0 Å². The molecule has 0 aromatic heterocycles. The molecule has 0 spiro atoms. The molecule has 21 heavy (non-hydrogen) atoms. The largest absolute Gasteiger partial charge is 0.394 e. The van der Waals surface area contributed by atoms with Gasteiger partial charge in [0.2, 0.25) is 10.0 Å². The molecule has 0 fully saturated rings. The van der Waals surface area contributed by atoms with E-state index in [2.05, 4.69) is 4.72 Å². The van der Waals surface area contributed by atoms with Crippen LogP contribution >= 0.6 is 0 Å². The summed E-state index contributed by atoms with van der Waals surface area (Å²) >= 11 is 0. The molecule has 0 bridgehead atoms. The van der Waals surface area contributed by atoms with Crippen molar-refractivity contribution in [3.8, 4) is 0 Å². The van der Waals surface area contributed by atoms with Crippen LogP contribution in [0.15, 0.2) is 59.5 Å². The van der Waals surface area contributed by atoms with Crippen molar-refractivity contribution in [2.24, 2.45) is 0 Å². The van der Waals surface area contributed by atoms with Gasteiger partial charge in [-0.25, -0.2) is 8.42 Å². The third kappa shape index (κ3) is 3.50. The molecule has 1 atom stereocenters. The zero-order valence-electron chi connectivity index (χ0n) is 12.1. The lowest BCUT2D eigenvalue weighted by Crippen LogP contribution is -2.46. The fraction of sp³-hybridized carbons (Fsp3) is 0.250. The Balaban J connectivity index is 2.38. The second-order valence-electron chi connectivity index (χ2n) is 5.28. The highest BCUT2D eigenvalue weighted by Gasteiger charge is 2.31. The maximum absolute atomic E-state index is 12.5. The molecule has 0 radical (unpaired) electrons. The number of sulfonamides is 1. The van der Waals surface area contributed by atoms with Crippen molar-refractivity contribution < 1.29 is 13.5 Å². The average Bonchev–Trinajstić information content (AvgIpc) is 2.47. The van der Waals surface area contributed by atoms with Crippen LogP contribution in [0.4, 0.5) is 0 Å². The number of aryl methyl sites for hydroxylation is 1. The number of benzene rings is 2. The summed E-state index contributed by atoms with van der Waals surface area (Å²) in [6.07, 6.45) is 0. The lowest BCUT2D eigenvalue weighted by Gasteiger charge is -2.29. The van der Waals surface area contributed by atoms with E-state index in [9.17, 15) is 13.5 Å². The first kappa shape index (κ1) is 15.7. The summed E-state index contributed by atoms with van der Waals surface area (Å²) in [5.74, 6) is 0. The van der Waals surface area contributed by atoms with E-state index in [-0.39, 0.29) is 11.5 Å². The highest BCUT2D eigenvalue weighted by molar-refractivity contribution is 7.89. The molecular weight excluding hydrogens is 286 g/mol. The van der Waals surface area contributed by atoms with E-state index in [4.69, 9.17) is 0 Å². The highest BCUT2D eigenvalue weighted by Crippen LogP contribution is 2.23. The van der Waals surface area contributed by atoms with Crippen molar-refractivity contribution in [1.82, 2.24) is 4.72 Å². The zero-order valence-corrected chi connectivity index (χ0v) is 12.9. The summed E-state index contributed by atoms with van der Waals surface area (Å²) in [5.41, 5.74) is 0.510. The monoisotopic (exact) mass is 305 g/mol. The molecule has 4 nitrogen and oxygen atoms in total. The average molecular weight is 305 g/mol. The first-order valence-corrected chi connectivity index (χ1v) is 8.13. The second-order valence-corrected chi connectivity index (χ2v) is 6.96. The van der Waals surface area contributed by atoms with Gasteiger partial charge in [0.05, 0.1) is 17.0 Å². The summed E-state index contributed by atoms with van der Waals surface area (Å²) in [6.45, 7) is 3.17. The van der Waals surface area contributed by atoms with Crippen LogP contribution in [0.1, 0.15) is 18.1 Å². The zero-order chi connectivity index (χ0) is 15.5.